The van der Waals surface area contributed by atoms with E-state index in [1.54, 1.807) is 22.5 Å². The Hall–Kier alpha value is -2.86. The van der Waals surface area contributed by atoms with Crippen LogP contribution in [-0.2, 0) is 19.5 Å². The summed E-state index contributed by atoms with van der Waals surface area (Å²) in [7, 11) is 0. The van der Waals surface area contributed by atoms with Crippen LogP contribution in [0.15, 0.2) is 42.5 Å². The summed E-state index contributed by atoms with van der Waals surface area (Å²) in [6.45, 7) is 3.63. The van der Waals surface area contributed by atoms with Crippen LogP contribution in [0.4, 0.5) is 4.79 Å². The van der Waals surface area contributed by atoms with Gasteiger partial charge in [0.05, 0.1) is 0 Å². The van der Waals surface area contributed by atoms with Crippen LogP contribution in [0.1, 0.15) is 32.6 Å². The smallest absolute Gasteiger partial charge is 0.317 e. The fourth-order valence-corrected chi connectivity index (χ4v) is 2.93. The largest absolute Gasteiger partial charge is 0.334 e. The van der Waals surface area contributed by atoms with Crippen LogP contribution in [-0.4, -0.2) is 28.6 Å². The first-order valence-electron chi connectivity index (χ1n) is 8.21. The van der Waals surface area contributed by atoms with Gasteiger partial charge in [0, 0.05) is 25.2 Å². The van der Waals surface area contributed by atoms with Gasteiger partial charge in [0.1, 0.15) is 0 Å². The molecule has 1 aliphatic heterocycles. The van der Waals surface area contributed by atoms with E-state index >= 15 is 0 Å². The minimum atomic E-state index is -0.527. The molecule has 2 aromatic carbocycles. The highest BCUT2D eigenvalue weighted by Gasteiger charge is 2.21. The first kappa shape index (κ1) is 17.0. The zero-order chi connectivity index (χ0) is 17.8. The Morgan fingerprint density at radius 3 is 2.60 bits per heavy atom. The van der Waals surface area contributed by atoms with Crippen molar-refractivity contribution in [1.82, 2.24) is 15.7 Å². The van der Waals surface area contributed by atoms with E-state index in [2.05, 4.69) is 5.32 Å². The van der Waals surface area contributed by atoms with Crippen molar-refractivity contribution in [3.63, 3.8) is 0 Å². The number of fused-ring (bicyclic) bond motifs is 1. The van der Waals surface area contributed by atoms with Gasteiger partial charge in [-0.05, 0) is 42.2 Å². The summed E-state index contributed by atoms with van der Waals surface area (Å²) >= 11 is 0. The average Bonchev–Trinajstić information content (AvgIpc) is 2.65. The summed E-state index contributed by atoms with van der Waals surface area (Å²) in [6.07, 6.45) is 0.680. The van der Waals surface area contributed by atoms with Crippen LogP contribution < -0.4 is 10.8 Å². The first-order chi connectivity index (χ1) is 12.1. The minimum absolute atomic E-state index is 0.0941. The van der Waals surface area contributed by atoms with E-state index in [4.69, 9.17) is 5.21 Å². The fraction of sp³-hybridized carbons (Fsp3) is 0.263. The third-order valence-electron chi connectivity index (χ3n) is 4.43. The number of hydrogen-bond acceptors (Lipinski definition) is 3. The Morgan fingerprint density at radius 2 is 1.88 bits per heavy atom. The second-order valence-corrected chi connectivity index (χ2v) is 6.24. The number of nitrogens with one attached hydrogen (secondary N) is 2. The molecule has 0 saturated heterocycles. The predicted molar refractivity (Wildman–Crippen MR) is 93.2 cm³/mol. The molecule has 0 bridgehead atoms. The van der Waals surface area contributed by atoms with Gasteiger partial charge in [-0.2, -0.15) is 0 Å². The Bertz CT molecular complexity index is 787. The number of hydrogen-bond donors (Lipinski definition) is 3. The molecule has 0 atom stereocenters. The first-order valence-corrected chi connectivity index (χ1v) is 8.21. The van der Waals surface area contributed by atoms with Crippen LogP contribution in [0.5, 0.6) is 0 Å². The van der Waals surface area contributed by atoms with Gasteiger partial charge in [-0.1, -0.05) is 35.9 Å². The monoisotopic (exact) mass is 339 g/mol. The maximum absolute atomic E-state index is 12.4. The zero-order valence-corrected chi connectivity index (χ0v) is 14.1. The maximum Gasteiger partial charge on any atom is 0.317 e. The maximum atomic E-state index is 12.4. The van der Waals surface area contributed by atoms with Gasteiger partial charge in [0.15, 0.2) is 0 Å². The standard InChI is InChI=1S/C19H21N3O3/c1-13-2-4-14(5-3-13)11-20-19(24)22-9-8-15-10-16(18(23)21-25)6-7-17(15)12-22/h2-7,10,25H,8-9,11-12H2,1H3,(H,20,24)(H,21,23). The van der Waals surface area contributed by atoms with Crippen molar-refractivity contribution in [3.8, 4) is 0 Å². The van der Waals surface area contributed by atoms with Crippen LogP contribution in [0.2, 0.25) is 0 Å². The van der Waals surface area contributed by atoms with Crippen molar-refractivity contribution in [3.05, 3.63) is 70.3 Å². The van der Waals surface area contributed by atoms with Crippen molar-refractivity contribution in [2.45, 2.75) is 26.4 Å². The van der Waals surface area contributed by atoms with E-state index in [0.29, 0.717) is 31.6 Å². The van der Waals surface area contributed by atoms with Crippen molar-refractivity contribution in [1.29, 1.82) is 0 Å². The van der Waals surface area contributed by atoms with Crippen molar-refractivity contribution >= 4 is 11.9 Å². The lowest BCUT2D eigenvalue weighted by Crippen LogP contribution is -2.42. The van der Waals surface area contributed by atoms with Gasteiger partial charge < -0.3 is 10.2 Å². The number of carbonyl (C=O) groups excluding carboxylic acids is 2. The lowest BCUT2D eigenvalue weighted by molar-refractivity contribution is 0.0706. The summed E-state index contributed by atoms with van der Waals surface area (Å²) < 4.78 is 0. The number of aryl methyl sites for hydroxylation is 1. The number of rotatable bonds is 3. The minimum Gasteiger partial charge on any atom is -0.334 e. The van der Waals surface area contributed by atoms with E-state index in [1.807, 2.05) is 37.3 Å². The van der Waals surface area contributed by atoms with Crippen LogP contribution in [0, 0.1) is 6.92 Å². The molecular formula is C19H21N3O3. The second-order valence-electron chi connectivity index (χ2n) is 6.24. The van der Waals surface area contributed by atoms with Gasteiger partial charge in [-0.3, -0.25) is 10.0 Å². The third kappa shape index (κ3) is 3.97. The Labute approximate surface area is 146 Å². The van der Waals surface area contributed by atoms with Gasteiger partial charge in [-0.15, -0.1) is 0 Å². The summed E-state index contributed by atoms with van der Waals surface area (Å²) in [5.41, 5.74) is 6.36. The molecule has 0 radical (unpaired) electrons. The van der Waals surface area contributed by atoms with Gasteiger partial charge in [-0.25, -0.2) is 10.3 Å². The Balaban J connectivity index is 1.61. The number of amides is 3. The van der Waals surface area contributed by atoms with Crippen molar-refractivity contribution in [2.24, 2.45) is 0 Å². The molecule has 3 amide bonds. The normalized spacial score (nSPS) is 13.1. The molecule has 1 aliphatic rings. The van der Waals surface area contributed by atoms with E-state index in [-0.39, 0.29) is 6.03 Å². The van der Waals surface area contributed by atoms with Crippen molar-refractivity contribution in [2.75, 3.05) is 6.54 Å². The lowest BCUT2D eigenvalue weighted by atomic mass is 9.97. The third-order valence-corrected chi connectivity index (χ3v) is 4.43. The molecule has 6 nitrogen and oxygen atoms in total. The average molecular weight is 339 g/mol. The molecule has 0 aliphatic carbocycles. The highest BCUT2D eigenvalue weighted by Crippen LogP contribution is 2.20. The van der Waals surface area contributed by atoms with E-state index in [0.717, 1.165) is 16.7 Å². The van der Waals surface area contributed by atoms with Crippen LogP contribution >= 0.6 is 0 Å². The Morgan fingerprint density at radius 1 is 1.12 bits per heavy atom. The quantitative estimate of drug-likeness (QED) is 0.593. The van der Waals surface area contributed by atoms with Gasteiger partial charge >= 0.3 is 6.03 Å². The summed E-state index contributed by atoms with van der Waals surface area (Å²) in [5.74, 6) is -0.527. The predicted octanol–water partition coefficient (Wildman–Crippen LogP) is 2.38. The van der Waals surface area contributed by atoms with E-state index < -0.39 is 5.91 Å². The molecule has 0 aromatic heterocycles. The molecule has 3 N–H and O–H groups in total. The number of hydroxylamine groups is 1. The highest BCUT2D eigenvalue weighted by molar-refractivity contribution is 5.93. The Kier molecular flexibility index (Phi) is 5.00. The molecule has 0 spiro atoms. The number of urea groups is 1. The number of carbonyl (C=O) groups is 2. The number of benzene rings is 2. The molecule has 0 unspecified atom stereocenters. The lowest BCUT2D eigenvalue weighted by Gasteiger charge is -2.29. The molecule has 6 heteroatoms. The SMILES string of the molecule is Cc1ccc(CNC(=O)N2CCc3cc(C(=O)NO)ccc3C2)cc1. The molecule has 3 rings (SSSR count). The zero-order valence-electron chi connectivity index (χ0n) is 14.1. The van der Waals surface area contributed by atoms with Crippen LogP contribution in [0.3, 0.4) is 0 Å². The number of nitrogens with zero attached hydrogens (tertiary/aromatic N) is 1. The molecule has 0 saturated carbocycles. The second kappa shape index (κ2) is 7.36. The fourth-order valence-electron chi connectivity index (χ4n) is 2.93. The van der Waals surface area contributed by atoms with Gasteiger partial charge in [0.25, 0.3) is 5.91 Å². The molecule has 0 fully saturated rings. The molecule has 1 heterocycles. The highest BCUT2D eigenvalue weighted by atomic mass is 16.5. The van der Waals surface area contributed by atoms with Crippen LogP contribution in [0.25, 0.3) is 0 Å². The topological polar surface area (TPSA) is 81.7 Å². The van der Waals surface area contributed by atoms with E-state index in [9.17, 15) is 9.59 Å². The molecule has 2 aromatic rings. The van der Waals surface area contributed by atoms with Gasteiger partial charge in [0.2, 0.25) is 0 Å². The molecule has 25 heavy (non-hydrogen) atoms. The summed E-state index contributed by atoms with van der Waals surface area (Å²) in [4.78, 5) is 25.6. The van der Waals surface area contributed by atoms with Crippen molar-refractivity contribution < 1.29 is 14.8 Å². The molecule has 130 valence electrons. The summed E-state index contributed by atoms with van der Waals surface area (Å²) in [6, 6.07) is 13.2. The summed E-state index contributed by atoms with van der Waals surface area (Å²) in [5, 5.41) is 11.7. The van der Waals surface area contributed by atoms with E-state index in [1.165, 1.54) is 5.56 Å². The molecular weight excluding hydrogens is 318 g/mol.